The Hall–Kier alpha value is -2.74. The number of rotatable bonds is 5. The second-order valence-corrected chi connectivity index (χ2v) is 7.08. The average Bonchev–Trinajstić information content (AvgIpc) is 2.93. The first-order valence-electron chi connectivity index (χ1n) is 9.30. The maximum Gasteiger partial charge on any atom is 0.251 e. The minimum absolute atomic E-state index is 0.0209. The van der Waals surface area contributed by atoms with Gasteiger partial charge in [-0.25, -0.2) is 9.67 Å². The van der Waals surface area contributed by atoms with Crippen LogP contribution in [0.2, 0.25) is 0 Å². The molecule has 3 rings (SSSR count). The standard InChI is InChI=1S/C19H26N6O2/c1-19(20,15-9-5-4-6-10-15)17(27)22-18-21-14-25(23-18)13-16(26)24-11-7-2-3-8-12-24/h4-6,9-10,14H,2-3,7-8,11-13,20H2,1H3,(H,22,23,27). The van der Waals surface area contributed by atoms with Crippen molar-refractivity contribution in [3.05, 3.63) is 42.2 Å². The molecule has 144 valence electrons. The smallest absolute Gasteiger partial charge is 0.251 e. The molecule has 1 aromatic heterocycles. The lowest BCUT2D eigenvalue weighted by atomic mass is 9.92. The second-order valence-electron chi connectivity index (χ2n) is 7.08. The third-order valence-electron chi connectivity index (χ3n) is 4.86. The zero-order valence-electron chi connectivity index (χ0n) is 15.6. The highest BCUT2D eigenvalue weighted by atomic mass is 16.2. The molecule has 1 aromatic carbocycles. The van der Waals surface area contributed by atoms with E-state index in [0.29, 0.717) is 5.56 Å². The Kier molecular flexibility index (Phi) is 5.85. The Morgan fingerprint density at radius 2 is 1.81 bits per heavy atom. The summed E-state index contributed by atoms with van der Waals surface area (Å²) < 4.78 is 1.44. The molecule has 0 aliphatic carbocycles. The van der Waals surface area contributed by atoms with Crippen molar-refractivity contribution in [2.45, 2.75) is 44.7 Å². The molecule has 8 nitrogen and oxygen atoms in total. The van der Waals surface area contributed by atoms with Gasteiger partial charge in [0.05, 0.1) is 0 Å². The lowest BCUT2D eigenvalue weighted by molar-refractivity contribution is -0.132. The number of hydrogen-bond donors (Lipinski definition) is 2. The van der Waals surface area contributed by atoms with Gasteiger partial charge in [0.2, 0.25) is 11.9 Å². The third kappa shape index (κ3) is 4.71. The summed E-state index contributed by atoms with van der Waals surface area (Å²) in [4.78, 5) is 30.9. The summed E-state index contributed by atoms with van der Waals surface area (Å²) in [7, 11) is 0. The summed E-state index contributed by atoms with van der Waals surface area (Å²) in [5.74, 6) is -0.255. The van der Waals surface area contributed by atoms with E-state index in [4.69, 9.17) is 5.73 Å². The van der Waals surface area contributed by atoms with Crippen molar-refractivity contribution in [1.82, 2.24) is 19.7 Å². The van der Waals surface area contributed by atoms with E-state index in [1.807, 2.05) is 23.1 Å². The van der Waals surface area contributed by atoms with Gasteiger partial charge in [0.25, 0.3) is 5.91 Å². The largest absolute Gasteiger partial charge is 0.341 e. The maximum absolute atomic E-state index is 12.6. The number of amides is 2. The van der Waals surface area contributed by atoms with E-state index in [2.05, 4.69) is 15.4 Å². The lowest BCUT2D eigenvalue weighted by Crippen LogP contribution is -2.45. The normalized spacial score (nSPS) is 17.0. The van der Waals surface area contributed by atoms with Crippen LogP contribution in [-0.4, -0.2) is 44.6 Å². The van der Waals surface area contributed by atoms with E-state index < -0.39 is 11.4 Å². The van der Waals surface area contributed by atoms with Gasteiger partial charge in [-0.15, -0.1) is 5.10 Å². The van der Waals surface area contributed by atoms with Crippen molar-refractivity contribution in [2.75, 3.05) is 18.4 Å². The predicted octanol–water partition coefficient (Wildman–Crippen LogP) is 1.49. The van der Waals surface area contributed by atoms with Crippen molar-refractivity contribution in [2.24, 2.45) is 5.73 Å². The van der Waals surface area contributed by atoms with Gasteiger partial charge in [-0.2, -0.15) is 0 Å². The summed E-state index contributed by atoms with van der Waals surface area (Å²) in [6, 6.07) is 9.11. The monoisotopic (exact) mass is 370 g/mol. The molecule has 2 heterocycles. The van der Waals surface area contributed by atoms with Crippen LogP contribution in [-0.2, 0) is 21.7 Å². The Balaban J connectivity index is 1.60. The first-order chi connectivity index (χ1) is 13.0. The lowest BCUT2D eigenvalue weighted by Gasteiger charge is -2.23. The van der Waals surface area contributed by atoms with Gasteiger partial charge in [-0.05, 0) is 25.3 Å². The minimum Gasteiger partial charge on any atom is -0.341 e. The fourth-order valence-corrected chi connectivity index (χ4v) is 3.13. The van der Waals surface area contributed by atoms with Crippen molar-refractivity contribution in [1.29, 1.82) is 0 Å². The Labute approximate surface area is 158 Å². The molecular weight excluding hydrogens is 344 g/mol. The molecular formula is C19H26N6O2. The van der Waals surface area contributed by atoms with Gasteiger partial charge >= 0.3 is 0 Å². The molecule has 1 unspecified atom stereocenters. The Morgan fingerprint density at radius 3 is 2.48 bits per heavy atom. The Morgan fingerprint density at radius 1 is 1.15 bits per heavy atom. The highest BCUT2D eigenvalue weighted by Gasteiger charge is 2.31. The van der Waals surface area contributed by atoms with Crippen LogP contribution in [0.5, 0.6) is 0 Å². The average molecular weight is 370 g/mol. The SMILES string of the molecule is CC(N)(C(=O)Nc1ncn(CC(=O)N2CCCCCC2)n1)c1ccccc1. The van der Waals surface area contributed by atoms with Crippen LogP contribution >= 0.6 is 0 Å². The number of hydrogen-bond acceptors (Lipinski definition) is 5. The Bertz CT molecular complexity index is 779. The summed E-state index contributed by atoms with van der Waals surface area (Å²) in [6.07, 6.45) is 5.87. The molecule has 1 fully saturated rings. The maximum atomic E-state index is 12.6. The molecule has 0 radical (unpaired) electrons. The number of carbonyl (C=O) groups is 2. The van der Waals surface area contributed by atoms with Crippen LogP contribution in [0.25, 0.3) is 0 Å². The van der Waals surface area contributed by atoms with Gasteiger partial charge < -0.3 is 10.6 Å². The van der Waals surface area contributed by atoms with E-state index in [1.54, 1.807) is 19.1 Å². The van der Waals surface area contributed by atoms with E-state index in [9.17, 15) is 9.59 Å². The van der Waals surface area contributed by atoms with Crippen molar-refractivity contribution in [3.8, 4) is 0 Å². The number of nitrogens with zero attached hydrogens (tertiary/aromatic N) is 4. The zero-order chi connectivity index (χ0) is 19.3. The highest BCUT2D eigenvalue weighted by molar-refractivity contribution is 5.97. The molecule has 3 N–H and O–H groups in total. The van der Waals surface area contributed by atoms with Gasteiger partial charge in [0.15, 0.2) is 0 Å². The molecule has 8 heteroatoms. The zero-order valence-corrected chi connectivity index (χ0v) is 15.6. The molecule has 2 aromatic rings. The molecule has 0 bridgehead atoms. The topological polar surface area (TPSA) is 106 Å². The van der Waals surface area contributed by atoms with Crippen LogP contribution < -0.4 is 11.1 Å². The fraction of sp³-hybridized carbons (Fsp3) is 0.474. The first kappa shape index (κ1) is 19.0. The molecule has 0 saturated carbocycles. The summed E-state index contributed by atoms with van der Waals surface area (Å²) in [5, 5.41) is 6.82. The van der Waals surface area contributed by atoms with Gasteiger partial charge in [-0.1, -0.05) is 43.2 Å². The number of likely N-dealkylation sites (tertiary alicyclic amines) is 1. The van der Waals surface area contributed by atoms with Crippen LogP contribution in [0.15, 0.2) is 36.7 Å². The first-order valence-corrected chi connectivity index (χ1v) is 9.30. The number of anilines is 1. The van der Waals surface area contributed by atoms with Crippen LogP contribution in [0.3, 0.4) is 0 Å². The summed E-state index contributed by atoms with van der Waals surface area (Å²) >= 11 is 0. The van der Waals surface area contributed by atoms with E-state index >= 15 is 0 Å². The van der Waals surface area contributed by atoms with E-state index in [0.717, 1.165) is 25.9 Å². The number of carbonyl (C=O) groups excluding carboxylic acids is 2. The van der Waals surface area contributed by atoms with E-state index in [-0.39, 0.29) is 18.4 Å². The quantitative estimate of drug-likeness (QED) is 0.829. The molecule has 2 amide bonds. The van der Waals surface area contributed by atoms with Gasteiger partial charge in [0, 0.05) is 13.1 Å². The van der Waals surface area contributed by atoms with Gasteiger partial charge in [0.1, 0.15) is 18.4 Å². The van der Waals surface area contributed by atoms with Crippen LogP contribution in [0.1, 0.15) is 38.2 Å². The van der Waals surface area contributed by atoms with Crippen molar-refractivity contribution >= 4 is 17.8 Å². The minimum atomic E-state index is -1.21. The third-order valence-corrected chi connectivity index (χ3v) is 4.86. The number of nitrogens with one attached hydrogen (secondary N) is 1. The molecule has 27 heavy (non-hydrogen) atoms. The second kappa shape index (κ2) is 8.30. The number of aromatic nitrogens is 3. The number of benzene rings is 1. The van der Waals surface area contributed by atoms with Crippen LogP contribution in [0.4, 0.5) is 5.95 Å². The molecule has 1 aliphatic heterocycles. The molecule has 0 spiro atoms. The predicted molar refractivity (Wildman–Crippen MR) is 102 cm³/mol. The number of nitrogens with two attached hydrogens (primary N) is 1. The van der Waals surface area contributed by atoms with Crippen LogP contribution in [0, 0.1) is 0 Å². The molecule has 1 atom stereocenters. The van der Waals surface area contributed by atoms with E-state index in [1.165, 1.54) is 23.9 Å². The highest BCUT2D eigenvalue weighted by Crippen LogP contribution is 2.19. The summed E-state index contributed by atoms with van der Waals surface area (Å²) in [6.45, 7) is 3.33. The fourth-order valence-electron chi connectivity index (χ4n) is 3.13. The van der Waals surface area contributed by atoms with Crippen molar-refractivity contribution < 1.29 is 9.59 Å². The van der Waals surface area contributed by atoms with Crippen molar-refractivity contribution in [3.63, 3.8) is 0 Å². The van der Waals surface area contributed by atoms with Gasteiger partial charge in [-0.3, -0.25) is 14.9 Å². The summed E-state index contributed by atoms with van der Waals surface area (Å²) in [5.41, 5.74) is 5.67. The molecule has 1 saturated heterocycles. The molecule has 1 aliphatic rings.